The van der Waals surface area contributed by atoms with Crippen molar-refractivity contribution in [3.8, 4) is 5.88 Å². The van der Waals surface area contributed by atoms with Crippen LogP contribution in [0.25, 0.3) is 5.65 Å². The molecule has 0 aliphatic rings. The van der Waals surface area contributed by atoms with Gasteiger partial charge in [-0.15, -0.1) is 10.2 Å². The van der Waals surface area contributed by atoms with Crippen LogP contribution in [0.15, 0.2) is 18.2 Å². The number of anilines is 1. The Labute approximate surface area is 117 Å². The minimum absolute atomic E-state index is 0.306. The zero-order valence-electron chi connectivity index (χ0n) is 11.9. The molecule has 0 unspecified atom stereocenters. The first-order valence-electron chi connectivity index (χ1n) is 6.63. The van der Waals surface area contributed by atoms with E-state index in [0.717, 1.165) is 0 Å². The molecular weight excluding hydrogens is 258 g/mol. The minimum atomic E-state index is -0.306. The van der Waals surface area contributed by atoms with E-state index < -0.39 is 0 Å². The highest BCUT2D eigenvalue weighted by Gasteiger charge is 2.12. The standard InChI is InChI=1S/C13H19N5O2/c1-4-20-11-7-5-6-10-16-17-12(18(10)11)15-13(19)14-8-9(2)3/h5-7,9H,4,8H2,1-3H3,(H2,14,15,17,19). The molecule has 7 nitrogen and oxygen atoms in total. The van der Waals surface area contributed by atoms with Gasteiger partial charge >= 0.3 is 6.03 Å². The third-order valence-corrected chi connectivity index (χ3v) is 2.58. The van der Waals surface area contributed by atoms with E-state index in [2.05, 4.69) is 20.8 Å². The number of ether oxygens (including phenoxy) is 1. The second-order valence-electron chi connectivity index (χ2n) is 4.74. The zero-order valence-corrected chi connectivity index (χ0v) is 11.9. The first-order chi connectivity index (χ1) is 9.61. The smallest absolute Gasteiger partial charge is 0.321 e. The van der Waals surface area contributed by atoms with E-state index in [0.29, 0.717) is 36.5 Å². The van der Waals surface area contributed by atoms with Crippen molar-refractivity contribution in [2.24, 2.45) is 5.92 Å². The number of pyridine rings is 1. The summed E-state index contributed by atoms with van der Waals surface area (Å²) in [5.74, 6) is 1.31. The zero-order chi connectivity index (χ0) is 14.5. The summed E-state index contributed by atoms with van der Waals surface area (Å²) in [6.07, 6.45) is 0. The number of amides is 2. The molecule has 20 heavy (non-hydrogen) atoms. The van der Waals surface area contributed by atoms with Gasteiger partial charge in [0.15, 0.2) is 5.65 Å². The van der Waals surface area contributed by atoms with Gasteiger partial charge in [-0.2, -0.15) is 0 Å². The third kappa shape index (κ3) is 3.17. The van der Waals surface area contributed by atoms with Crippen LogP contribution in [-0.2, 0) is 0 Å². The molecule has 2 aromatic heterocycles. The van der Waals surface area contributed by atoms with Crippen LogP contribution in [-0.4, -0.2) is 33.8 Å². The van der Waals surface area contributed by atoms with Gasteiger partial charge in [-0.25, -0.2) is 9.20 Å². The number of carbonyl (C=O) groups is 1. The lowest BCUT2D eigenvalue weighted by molar-refractivity contribution is 0.250. The predicted octanol–water partition coefficient (Wildman–Crippen LogP) is 1.91. The van der Waals surface area contributed by atoms with Crippen LogP contribution < -0.4 is 15.4 Å². The van der Waals surface area contributed by atoms with Crippen LogP contribution in [0.1, 0.15) is 20.8 Å². The molecule has 0 spiro atoms. The van der Waals surface area contributed by atoms with E-state index in [1.54, 1.807) is 16.5 Å². The lowest BCUT2D eigenvalue weighted by Crippen LogP contribution is -2.32. The molecule has 2 amide bonds. The van der Waals surface area contributed by atoms with Crippen LogP contribution in [0.5, 0.6) is 5.88 Å². The van der Waals surface area contributed by atoms with Gasteiger partial charge in [0.1, 0.15) is 0 Å². The average molecular weight is 277 g/mol. The summed E-state index contributed by atoms with van der Waals surface area (Å²) in [5.41, 5.74) is 0.620. The molecule has 0 fully saturated rings. The van der Waals surface area contributed by atoms with Gasteiger partial charge in [-0.3, -0.25) is 5.32 Å². The highest BCUT2D eigenvalue weighted by molar-refractivity contribution is 5.87. The molecule has 0 radical (unpaired) electrons. The monoisotopic (exact) mass is 277 g/mol. The molecule has 0 aliphatic heterocycles. The second-order valence-corrected chi connectivity index (χ2v) is 4.74. The molecule has 0 atom stereocenters. The van der Waals surface area contributed by atoms with Crippen molar-refractivity contribution in [3.63, 3.8) is 0 Å². The van der Waals surface area contributed by atoms with Crippen molar-refractivity contribution in [1.82, 2.24) is 19.9 Å². The molecule has 2 aromatic rings. The lowest BCUT2D eigenvalue weighted by atomic mass is 10.2. The van der Waals surface area contributed by atoms with E-state index >= 15 is 0 Å². The Morgan fingerprint density at radius 3 is 2.90 bits per heavy atom. The van der Waals surface area contributed by atoms with Gasteiger partial charge in [0.2, 0.25) is 11.8 Å². The molecule has 2 N–H and O–H groups in total. The summed E-state index contributed by atoms with van der Waals surface area (Å²) in [6, 6.07) is 5.13. The summed E-state index contributed by atoms with van der Waals surface area (Å²) in [4.78, 5) is 11.8. The third-order valence-electron chi connectivity index (χ3n) is 2.58. The Morgan fingerprint density at radius 1 is 1.40 bits per heavy atom. The van der Waals surface area contributed by atoms with Crippen LogP contribution in [0.4, 0.5) is 10.7 Å². The molecule has 2 heterocycles. The second kappa shape index (κ2) is 6.23. The molecule has 0 aliphatic carbocycles. The predicted molar refractivity (Wildman–Crippen MR) is 76.0 cm³/mol. The summed E-state index contributed by atoms with van der Waals surface area (Å²) >= 11 is 0. The summed E-state index contributed by atoms with van der Waals surface area (Å²) in [5, 5.41) is 13.4. The first kappa shape index (κ1) is 14.1. The topological polar surface area (TPSA) is 80.6 Å². The van der Waals surface area contributed by atoms with Crippen molar-refractivity contribution in [2.75, 3.05) is 18.5 Å². The fraction of sp³-hybridized carbons (Fsp3) is 0.462. The number of carbonyl (C=O) groups excluding carboxylic acids is 1. The summed E-state index contributed by atoms with van der Waals surface area (Å²) in [7, 11) is 0. The van der Waals surface area contributed by atoms with Gasteiger partial charge < -0.3 is 10.1 Å². The molecular formula is C13H19N5O2. The first-order valence-corrected chi connectivity index (χ1v) is 6.63. The number of aromatic nitrogens is 3. The van der Waals surface area contributed by atoms with Crippen molar-refractivity contribution >= 4 is 17.6 Å². The fourth-order valence-corrected chi connectivity index (χ4v) is 1.70. The van der Waals surface area contributed by atoms with Gasteiger partial charge in [-0.05, 0) is 25.0 Å². The maximum absolute atomic E-state index is 11.8. The quantitative estimate of drug-likeness (QED) is 0.874. The Hall–Kier alpha value is -2.31. The van der Waals surface area contributed by atoms with Gasteiger partial charge in [0.05, 0.1) is 6.61 Å². The number of hydrogen-bond acceptors (Lipinski definition) is 4. The fourth-order valence-electron chi connectivity index (χ4n) is 1.70. The highest BCUT2D eigenvalue weighted by atomic mass is 16.5. The Balaban J connectivity index is 2.19. The highest BCUT2D eigenvalue weighted by Crippen LogP contribution is 2.18. The van der Waals surface area contributed by atoms with Crippen molar-refractivity contribution in [2.45, 2.75) is 20.8 Å². The van der Waals surface area contributed by atoms with E-state index in [9.17, 15) is 4.79 Å². The van der Waals surface area contributed by atoms with Crippen LogP contribution in [0.2, 0.25) is 0 Å². The number of rotatable bonds is 5. The van der Waals surface area contributed by atoms with E-state index in [1.165, 1.54) is 0 Å². The number of hydrogen-bond donors (Lipinski definition) is 2. The Bertz CT molecular complexity index is 593. The largest absolute Gasteiger partial charge is 0.479 e. The molecule has 0 aromatic carbocycles. The number of urea groups is 1. The van der Waals surface area contributed by atoms with Gasteiger partial charge in [0.25, 0.3) is 0 Å². The van der Waals surface area contributed by atoms with E-state index in [4.69, 9.17) is 4.74 Å². The lowest BCUT2D eigenvalue weighted by Gasteiger charge is -2.10. The van der Waals surface area contributed by atoms with Crippen LogP contribution in [0, 0.1) is 5.92 Å². The number of nitrogens with one attached hydrogen (secondary N) is 2. The van der Waals surface area contributed by atoms with Gasteiger partial charge in [-0.1, -0.05) is 19.9 Å². The summed E-state index contributed by atoms with van der Waals surface area (Å²) in [6.45, 7) is 7.07. The Morgan fingerprint density at radius 2 is 2.20 bits per heavy atom. The molecule has 0 bridgehead atoms. The van der Waals surface area contributed by atoms with Crippen molar-refractivity contribution in [1.29, 1.82) is 0 Å². The molecule has 2 rings (SSSR count). The SMILES string of the molecule is CCOc1cccc2nnc(NC(=O)NCC(C)C)n12. The Kier molecular flexibility index (Phi) is 4.39. The van der Waals surface area contributed by atoms with E-state index in [-0.39, 0.29) is 6.03 Å². The molecule has 0 saturated heterocycles. The van der Waals surface area contributed by atoms with Crippen molar-refractivity contribution in [3.05, 3.63) is 18.2 Å². The minimum Gasteiger partial charge on any atom is -0.479 e. The summed E-state index contributed by atoms with van der Waals surface area (Å²) < 4.78 is 7.17. The maximum Gasteiger partial charge on any atom is 0.321 e. The van der Waals surface area contributed by atoms with Crippen molar-refractivity contribution < 1.29 is 9.53 Å². The average Bonchev–Trinajstić information content (AvgIpc) is 2.81. The van der Waals surface area contributed by atoms with Crippen LogP contribution >= 0.6 is 0 Å². The number of nitrogens with zero attached hydrogens (tertiary/aromatic N) is 3. The normalized spacial score (nSPS) is 10.8. The molecule has 0 saturated carbocycles. The molecule has 7 heteroatoms. The maximum atomic E-state index is 11.8. The van der Waals surface area contributed by atoms with E-state index in [1.807, 2.05) is 26.8 Å². The molecule has 108 valence electrons. The van der Waals surface area contributed by atoms with Crippen LogP contribution in [0.3, 0.4) is 0 Å². The number of fused-ring (bicyclic) bond motifs is 1. The van der Waals surface area contributed by atoms with Gasteiger partial charge in [0, 0.05) is 6.54 Å².